The Labute approximate surface area is 193 Å². The molecule has 4 atom stereocenters. The van der Waals surface area contributed by atoms with Gasteiger partial charge in [-0.25, -0.2) is 9.78 Å². The van der Waals surface area contributed by atoms with Crippen LogP contribution in [0.15, 0.2) is 49.1 Å². The summed E-state index contributed by atoms with van der Waals surface area (Å²) in [5.74, 6) is -1.56. The van der Waals surface area contributed by atoms with E-state index in [9.17, 15) is 19.8 Å². The second-order valence-electron chi connectivity index (χ2n) is 8.28. The van der Waals surface area contributed by atoms with E-state index in [2.05, 4.69) is 4.98 Å². The molecule has 1 aliphatic rings. The number of aromatic nitrogens is 2. The Morgan fingerprint density at radius 1 is 1.21 bits per heavy atom. The van der Waals surface area contributed by atoms with Gasteiger partial charge in [-0.05, 0) is 31.1 Å². The summed E-state index contributed by atoms with van der Waals surface area (Å²) in [5, 5.41) is 21.1. The normalized spacial score (nSPS) is 26.1. The van der Waals surface area contributed by atoms with Gasteiger partial charge < -0.3 is 24.3 Å². The van der Waals surface area contributed by atoms with Crippen LogP contribution in [-0.4, -0.2) is 50.3 Å². The highest BCUT2D eigenvalue weighted by Gasteiger charge is 2.24. The van der Waals surface area contributed by atoms with E-state index in [1.165, 1.54) is 12.1 Å². The van der Waals surface area contributed by atoms with Gasteiger partial charge >= 0.3 is 5.97 Å². The summed E-state index contributed by atoms with van der Waals surface area (Å²) in [6, 6.07) is 3.02. The smallest absolute Gasteiger partial charge is 0.342 e. The lowest BCUT2D eigenvalue weighted by atomic mass is 9.94. The third-order valence-electron chi connectivity index (χ3n) is 5.80. The van der Waals surface area contributed by atoms with Crippen molar-refractivity contribution in [2.45, 2.75) is 45.9 Å². The number of nitrogens with zero attached hydrogens (tertiary/aromatic N) is 2. The predicted molar refractivity (Wildman–Crippen MR) is 123 cm³/mol. The van der Waals surface area contributed by atoms with Crippen molar-refractivity contribution in [2.24, 2.45) is 11.8 Å². The summed E-state index contributed by atoms with van der Waals surface area (Å²) in [4.78, 5) is 29.2. The highest BCUT2D eigenvalue weighted by Crippen LogP contribution is 2.31. The molecule has 176 valence electrons. The highest BCUT2D eigenvalue weighted by atomic mass is 16.5. The van der Waals surface area contributed by atoms with Crippen molar-refractivity contribution in [3.8, 4) is 11.5 Å². The number of aromatic hydroxyl groups is 1. The molecule has 8 heteroatoms. The lowest BCUT2D eigenvalue weighted by Crippen LogP contribution is -2.25. The molecular formula is C25H30N2O6. The van der Waals surface area contributed by atoms with Crippen LogP contribution in [0.1, 0.15) is 43.1 Å². The summed E-state index contributed by atoms with van der Waals surface area (Å²) in [6.45, 7) is 6.13. The number of phenolic OH excluding ortho intramolecular Hbond substituents is 1. The standard InChI is InChI=1S/C25H30N2O6/c1-16-7-8-22(29)17(2)21(28)6-4-5-19-13-20(32-12-11-27-10-9-26-15-27)14-23(30)24(19)25(31)33-18(16)3/h4-5,7-10,13-18,21,28,30H,6,11-12H2,1-3H3/b5-4+,8-7-/t16-,17?,18+,21+/m1/s1. The Balaban J connectivity index is 1.89. The molecule has 1 aliphatic heterocycles. The molecule has 0 radical (unpaired) electrons. The number of fused-ring (bicyclic) bond motifs is 1. The fourth-order valence-electron chi connectivity index (χ4n) is 3.37. The molecule has 0 bridgehead atoms. The molecule has 0 spiro atoms. The number of ether oxygens (including phenoxy) is 2. The maximum Gasteiger partial charge on any atom is 0.342 e. The minimum atomic E-state index is -0.882. The maximum absolute atomic E-state index is 12.9. The van der Waals surface area contributed by atoms with Gasteiger partial charge in [0, 0.05) is 30.3 Å². The van der Waals surface area contributed by atoms with Crippen molar-refractivity contribution in [1.29, 1.82) is 0 Å². The molecule has 1 aromatic heterocycles. The van der Waals surface area contributed by atoms with Gasteiger partial charge in [0.1, 0.15) is 29.8 Å². The number of hydrogen-bond donors (Lipinski definition) is 2. The largest absolute Gasteiger partial charge is 0.507 e. The Kier molecular flexibility index (Phi) is 8.06. The zero-order chi connectivity index (χ0) is 24.0. The second kappa shape index (κ2) is 11.0. The first-order valence-corrected chi connectivity index (χ1v) is 11.0. The van der Waals surface area contributed by atoms with Crippen LogP contribution in [0.2, 0.25) is 0 Å². The maximum atomic E-state index is 12.9. The summed E-state index contributed by atoms with van der Waals surface area (Å²) >= 11 is 0. The van der Waals surface area contributed by atoms with Crippen molar-refractivity contribution in [2.75, 3.05) is 6.61 Å². The average molecular weight is 455 g/mol. The number of benzene rings is 1. The molecule has 2 N–H and O–H groups in total. The van der Waals surface area contributed by atoms with Crippen molar-refractivity contribution in [1.82, 2.24) is 9.55 Å². The molecule has 0 saturated carbocycles. The number of ketones is 1. The molecule has 33 heavy (non-hydrogen) atoms. The van der Waals surface area contributed by atoms with E-state index < -0.39 is 24.1 Å². The summed E-state index contributed by atoms with van der Waals surface area (Å²) in [7, 11) is 0. The number of carbonyl (C=O) groups is 2. The van der Waals surface area contributed by atoms with E-state index in [0.29, 0.717) is 24.5 Å². The zero-order valence-corrected chi connectivity index (χ0v) is 19.0. The molecule has 0 amide bonds. The van der Waals surface area contributed by atoms with E-state index in [4.69, 9.17) is 9.47 Å². The van der Waals surface area contributed by atoms with Gasteiger partial charge in [-0.3, -0.25) is 4.79 Å². The van der Waals surface area contributed by atoms with Crippen LogP contribution in [0.5, 0.6) is 11.5 Å². The quantitative estimate of drug-likeness (QED) is 0.681. The minimum Gasteiger partial charge on any atom is -0.507 e. The third-order valence-corrected chi connectivity index (χ3v) is 5.80. The average Bonchev–Trinajstić information content (AvgIpc) is 3.29. The summed E-state index contributed by atoms with van der Waals surface area (Å²) in [6.07, 6.45) is 10.3. The molecule has 0 fully saturated rings. The van der Waals surface area contributed by atoms with Crippen LogP contribution in [0.4, 0.5) is 0 Å². The fourth-order valence-corrected chi connectivity index (χ4v) is 3.37. The Morgan fingerprint density at radius 3 is 2.73 bits per heavy atom. The Hall–Kier alpha value is -3.39. The highest BCUT2D eigenvalue weighted by molar-refractivity contribution is 5.97. The van der Waals surface area contributed by atoms with Crippen LogP contribution in [0, 0.1) is 11.8 Å². The van der Waals surface area contributed by atoms with Crippen LogP contribution < -0.4 is 4.74 Å². The predicted octanol–water partition coefficient (Wildman–Crippen LogP) is 3.39. The van der Waals surface area contributed by atoms with Gasteiger partial charge in [0.15, 0.2) is 5.78 Å². The molecule has 8 nitrogen and oxygen atoms in total. The molecule has 1 unspecified atom stereocenters. The van der Waals surface area contributed by atoms with Crippen LogP contribution >= 0.6 is 0 Å². The van der Waals surface area contributed by atoms with E-state index >= 15 is 0 Å². The number of phenols is 1. The molecule has 1 aromatic carbocycles. The number of aliphatic hydroxyl groups excluding tert-OH is 1. The summed E-state index contributed by atoms with van der Waals surface area (Å²) in [5.41, 5.74) is 0.420. The monoisotopic (exact) mass is 454 g/mol. The molecule has 0 aliphatic carbocycles. The van der Waals surface area contributed by atoms with Gasteiger partial charge in [-0.15, -0.1) is 0 Å². The number of hydrogen-bond acceptors (Lipinski definition) is 7. The fraction of sp³-hybridized carbons (Fsp3) is 0.400. The van der Waals surface area contributed by atoms with E-state index in [0.717, 1.165) is 0 Å². The SMILES string of the molecule is CC1C(=O)/C=C\[C@@H](C)[C@H](C)OC(=O)c2c(O)cc(OCCn3ccnc3)cc2/C=C/C[C@@H]1O. The van der Waals surface area contributed by atoms with Crippen LogP contribution in [-0.2, 0) is 16.1 Å². The van der Waals surface area contributed by atoms with Crippen molar-refractivity contribution in [3.05, 3.63) is 60.2 Å². The molecule has 3 rings (SSSR count). The number of aliphatic hydroxyl groups is 1. The van der Waals surface area contributed by atoms with E-state index in [-0.39, 0.29) is 29.4 Å². The number of cyclic esters (lactones) is 1. The summed E-state index contributed by atoms with van der Waals surface area (Å²) < 4.78 is 13.2. The number of imidazole rings is 1. The molecule has 2 heterocycles. The van der Waals surface area contributed by atoms with Gasteiger partial charge in [-0.1, -0.05) is 32.1 Å². The van der Waals surface area contributed by atoms with Gasteiger partial charge in [0.2, 0.25) is 0 Å². The molecule has 0 saturated heterocycles. The Bertz CT molecular complexity index is 1030. The third kappa shape index (κ3) is 6.32. The lowest BCUT2D eigenvalue weighted by molar-refractivity contribution is -0.120. The number of esters is 1. The molecular weight excluding hydrogens is 424 g/mol. The van der Waals surface area contributed by atoms with Crippen LogP contribution in [0.3, 0.4) is 0 Å². The van der Waals surface area contributed by atoms with E-state index in [1.54, 1.807) is 50.7 Å². The first kappa shape index (κ1) is 24.3. The first-order valence-electron chi connectivity index (χ1n) is 11.0. The van der Waals surface area contributed by atoms with Crippen LogP contribution in [0.25, 0.3) is 6.08 Å². The number of carbonyl (C=O) groups excluding carboxylic acids is 2. The van der Waals surface area contributed by atoms with Gasteiger partial charge in [-0.2, -0.15) is 0 Å². The Morgan fingerprint density at radius 2 is 2.00 bits per heavy atom. The topological polar surface area (TPSA) is 111 Å². The van der Waals surface area contributed by atoms with E-state index in [1.807, 2.05) is 17.7 Å². The van der Waals surface area contributed by atoms with Crippen molar-refractivity contribution < 1.29 is 29.3 Å². The van der Waals surface area contributed by atoms with Crippen molar-refractivity contribution in [3.63, 3.8) is 0 Å². The zero-order valence-electron chi connectivity index (χ0n) is 19.0. The lowest BCUT2D eigenvalue weighted by Gasteiger charge is -2.20. The first-order chi connectivity index (χ1) is 15.8. The molecule has 2 aromatic rings. The van der Waals surface area contributed by atoms with Crippen molar-refractivity contribution >= 4 is 17.8 Å². The van der Waals surface area contributed by atoms with Gasteiger partial charge in [0.25, 0.3) is 0 Å². The van der Waals surface area contributed by atoms with Gasteiger partial charge in [0.05, 0.1) is 19.0 Å². The number of allylic oxidation sites excluding steroid dienone is 1. The second-order valence-corrected chi connectivity index (χ2v) is 8.28. The number of rotatable bonds is 4. The minimum absolute atomic E-state index is 0.0203.